The van der Waals surface area contributed by atoms with Crippen LogP contribution in [0.25, 0.3) is 0 Å². The summed E-state index contributed by atoms with van der Waals surface area (Å²) >= 11 is 6.12. The van der Waals surface area contributed by atoms with Crippen LogP contribution in [-0.2, 0) is 4.79 Å². The first kappa shape index (κ1) is 15.0. The molecule has 0 N–H and O–H groups in total. The third-order valence-corrected chi connectivity index (χ3v) is 5.36. The Morgan fingerprint density at radius 2 is 1.85 bits per heavy atom. The monoisotopic (exact) mass is 374 g/mol. The van der Waals surface area contributed by atoms with E-state index in [1.54, 1.807) is 4.90 Å². The van der Waals surface area contributed by atoms with Crippen LogP contribution in [0.15, 0.2) is 42.5 Å². The number of hydrogen-bond acceptors (Lipinski definition) is 2. The normalized spacial score (nSPS) is 29.2. The van der Waals surface area contributed by atoms with Crippen molar-refractivity contribution in [3.63, 3.8) is 0 Å². The number of nitrogens with zero attached hydrogens (tertiary/aromatic N) is 2. The van der Waals surface area contributed by atoms with Crippen LogP contribution in [0, 0.1) is 18.6 Å². The summed E-state index contributed by atoms with van der Waals surface area (Å²) in [6.45, 7) is 4.36. The number of rotatable bonds is 3. The Kier molecular flexibility index (Phi) is 4.00. The Hall–Kier alpha value is -2.07. The molecule has 0 aromatic heterocycles. The summed E-state index contributed by atoms with van der Waals surface area (Å²) in [5, 5.41) is 0.681. The van der Waals surface area contributed by atoms with Gasteiger partial charge in [0.15, 0.2) is 0 Å². The Balaban J connectivity index is 1.44. The predicted octanol–water partition coefficient (Wildman–Crippen LogP) is 4.24. The van der Waals surface area contributed by atoms with E-state index in [0.29, 0.717) is 36.8 Å². The van der Waals surface area contributed by atoms with Gasteiger partial charge in [0.2, 0.25) is 5.91 Å². The summed E-state index contributed by atoms with van der Waals surface area (Å²) in [7, 11) is 0. The van der Waals surface area contributed by atoms with Gasteiger partial charge < -0.3 is 9.80 Å². The maximum atomic E-state index is 13.2. The van der Waals surface area contributed by atoms with Gasteiger partial charge in [0.1, 0.15) is 5.82 Å². The first-order chi connectivity index (χ1) is 13.2. The second-order valence-corrected chi connectivity index (χ2v) is 7.29. The summed E-state index contributed by atoms with van der Waals surface area (Å²) in [4.78, 5) is 16.9. The van der Waals surface area contributed by atoms with E-state index in [1.807, 2.05) is 25.1 Å². The van der Waals surface area contributed by atoms with Gasteiger partial charge in [0, 0.05) is 45.5 Å². The van der Waals surface area contributed by atoms with Crippen molar-refractivity contribution in [2.75, 3.05) is 31.1 Å². The Morgan fingerprint density at radius 1 is 1.15 bits per heavy atom. The van der Waals surface area contributed by atoms with Gasteiger partial charge in [-0.15, -0.1) is 0 Å². The average molecular weight is 375 g/mol. The maximum Gasteiger partial charge on any atom is 0.226 e. The van der Waals surface area contributed by atoms with Gasteiger partial charge in [0.05, 0.1) is 0 Å². The highest BCUT2D eigenvalue weighted by Crippen LogP contribution is 2.48. The molecule has 1 saturated heterocycles. The summed E-state index contributed by atoms with van der Waals surface area (Å²) in [6.07, 6.45) is 0.137. The van der Waals surface area contributed by atoms with Gasteiger partial charge in [-0.3, -0.25) is 4.79 Å². The van der Waals surface area contributed by atoms with Crippen molar-refractivity contribution < 1.29 is 11.9 Å². The third-order valence-electron chi connectivity index (χ3n) is 5.12. The van der Waals surface area contributed by atoms with Crippen LogP contribution < -0.4 is 4.90 Å². The van der Waals surface area contributed by atoms with Crippen molar-refractivity contribution in [2.45, 2.75) is 19.2 Å². The van der Waals surface area contributed by atoms with E-state index in [4.69, 9.17) is 14.3 Å². The lowest BCUT2D eigenvalue weighted by molar-refractivity contribution is -0.132. The molecule has 2 aromatic rings. The lowest BCUT2D eigenvalue weighted by Crippen LogP contribution is -2.49. The zero-order valence-corrected chi connectivity index (χ0v) is 15.4. The van der Waals surface area contributed by atoms with Gasteiger partial charge >= 0.3 is 0 Å². The molecular weight excluding hydrogens is 351 g/mol. The highest BCUT2D eigenvalue weighted by molar-refractivity contribution is 6.30. The number of benzene rings is 2. The van der Waals surface area contributed by atoms with E-state index in [-0.39, 0.29) is 18.1 Å². The molecule has 26 heavy (non-hydrogen) atoms. The summed E-state index contributed by atoms with van der Waals surface area (Å²) in [6, 6.07) is 11.3. The van der Waals surface area contributed by atoms with Crippen LogP contribution in [0.5, 0.6) is 0 Å². The number of piperazine rings is 1. The molecule has 1 aliphatic carbocycles. The molecule has 2 fully saturated rings. The average Bonchev–Trinajstić information content (AvgIpc) is 3.27. The van der Waals surface area contributed by atoms with Crippen molar-refractivity contribution in [1.29, 1.82) is 0 Å². The van der Waals surface area contributed by atoms with Gasteiger partial charge in [0.25, 0.3) is 0 Å². The number of anilines is 1. The van der Waals surface area contributed by atoms with Crippen LogP contribution in [-0.4, -0.2) is 37.0 Å². The molecule has 1 amide bonds. The minimum Gasteiger partial charge on any atom is -0.368 e. The van der Waals surface area contributed by atoms with Crippen LogP contribution >= 0.6 is 11.6 Å². The van der Waals surface area contributed by atoms with Crippen molar-refractivity contribution in [1.82, 2.24) is 4.90 Å². The minimum atomic E-state index is -1.50. The molecule has 1 saturated carbocycles. The lowest BCUT2D eigenvalue weighted by atomic mass is 10.1. The van der Waals surface area contributed by atoms with Crippen molar-refractivity contribution >= 4 is 23.2 Å². The summed E-state index contributed by atoms with van der Waals surface area (Å²) in [5.74, 6) is -3.51. The molecule has 0 spiro atoms. The fourth-order valence-electron chi connectivity index (χ4n) is 3.53. The van der Waals surface area contributed by atoms with Crippen LogP contribution in [0.1, 0.15) is 26.2 Å². The standard InChI is InChI=1S/C21H22ClFN2O/c1-14-2-5-16(22)12-20(14)24-8-10-25(11-9-24)21(26)19-13-18(19)15-3-6-17(23)7-4-15/h2-7,12,18-19H,8-11,13H2,1H3/t18-,19-/m0/s1/i18D,19D. The van der Waals surface area contributed by atoms with E-state index in [9.17, 15) is 9.18 Å². The summed E-state index contributed by atoms with van der Waals surface area (Å²) in [5.41, 5.74) is 2.71. The molecule has 1 aliphatic heterocycles. The fourth-order valence-corrected chi connectivity index (χ4v) is 3.70. The Labute approximate surface area is 161 Å². The molecule has 1 heterocycles. The predicted molar refractivity (Wildman–Crippen MR) is 102 cm³/mol. The first-order valence-electron chi connectivity index (χ1n) is 9.81. The number of carbonyl (C=O) groups is 1. The second kappa shape index (κ2) is 6.92. The zero-order valence-electron chi connectivity index (χ0n) is 16.6. The number of halogens is 2. The third kappa shape index (κ3) is 3.43. The highest BCUT2D eigenvalue weighted by Gasteiger charge is 2.46. The van der Waals surface area contributed by atoms with E-state index in [1.165, 1.54) is 24.3 Å². The Morgan fingerprint density at radius 3 is 2.54 bits per heavy atom. The number of carbonyl (C=O) groups excluding carboxylic acids is 1. The van der Waals surface area contributed by atoms with Gasteiger partial charge in [-0.25, -0.2) is 4.39 Å². The molecule has 2 aliphatic rings. The van der Waals surface area contributed by atoms with Crippen LogP contribution in [0.4, 0.5) is 10.1 Å². The van der Waals surface area contributed by atoms with Crippen LogP contribution in [0.2, 0.25) is 5.02 Å². The van der Waals surface area contributed by atoms with Gasteiger partial charge in [-0.05, 0) is 54.6 Å². The van der Waals surface area contributed by atoms with Crippen LogP contribution in [0.3, 0.4) is 0 Å². The number of aryl methyl sites for hydroxylation is 1. The smallest absolute Gasteiger partial charge is 0.226 e. The molecule has 0 bridgehead atoms. The topological polar surface area (TPSA) is 23.6 Å². The molecule has 136 valence electrons. The minimum absolute atomic E-state index is 0.137. The van der Waals surface area contributed by atoms with Crippen molar-refractivity contribution in [2.24, 2.45) is 5.89 Å². The highest BCUT2D eigenvalue weighted by atomic mass is 35.5. The fraction of sp³-hybridized carbons (Fsp3) is 0.381. The first-order valence-corrected chi connectivity index (χ1v) is 9.19. The SMILES string of the molecule is [2H][C@@]1(c2ccc(F)cc2)C[C@]1([2H])C(=O)N1CCN(c2cc(Cl)ccc2C)CC1. The quantitative estimate of drug-likeness (QED) is 0.802. The molecule has 3 nitrogen and oxygen atoms in total. The molecule has 4 rings (SSSR count). The number of hydrogen-bond donors (Lipinski definition) is 0. The van der Waals surface area contributed by atoms with Gasteiger partial charge in [-0.2, -0.15) is 0 Å². The lowest BCUT2D eigenvalue weighted by Gasteiger charge is -2.37. The molecule has 2 atom stereocenters. The van der Waals surface area contributed by atoms with E-state index < -0.39 is 11.8 Å². The van der Waals surface area contributed by atoms with E-state index >= 15 is 0 Å². The zero-order chi connectivity index (χ0) is 20.1. The summed E-state index contributed by atoms with van der Waals surface area (Å²) < 4.78 is 30.4. The molecule has 2 aromatic carbocycles. The Bertz CT molecular complexity index is 917. The molecule has 0 radical (unpaired) electrons. The van der Waals surface area contributed by atoms with Crippen molar-refractivity contribution in [3.05, 3.63) is 64.4 Å². The van der Waals surface area contributed by atoms with E-state index in [0.717, 1.165) is 11.3 Å². The molecule has 5 heteroatoms. The maximum absolute atomic E-state index is 13.2. The van der Waals surface area contributed by atoms with Gasteiger partial charge in [-0.1, -0.05) is 29.8 Å². The van der Waals surface area contributed by atoms with Crippen molar-refractivity contribution in [3.8, 4) is 0 Å². The molecular formula is C21H22ClFN2O. The van der Waals surface area contributed by atoms with E-state index in [2.05, 4.69) is 4.90 Å². The second-order valence-electron chi connectivity index (χ2n) is 6.85. The molecule has 0 unspecified atom stereocenters. The number of amides is 1. The largest absolute Gasteiger partial charge is 0.368 e.